The molecule has 23 heavy (non-hydrogen) atoms. The van der Waals surface area contributed by atoms with Crippen LogP contribution in [-0.2, 0) is 14.3 Å². The Morgan fingerprint density at radius 1 is 1.52 bits per heavy atom. The molecule has 0 saturated heterocycles. The van der Waals surface area contributed by atoms with E-state index in [1.54, 1.807) is 25.6 Å². The van der Waals surface area contributed by atoms with E-state index in [0.29, 0.717) is 11.3 Å². The molecule has 1 atom stereocenters. The summed E-state index contributed by atoms with van der Waals surface area (Å²) in [7, 11) is 0. The molecule has 0 bridgehead atoms. The summed E-state index contributed by atoms with van der Waals surface area (Å²) in [4.78, 5) is 13.4. The van der Waals surface area contributed by atoms with Crippen LogP contribution in [0, 0.1) is 11.3 Å². The molecular formula is C17H18N2O3S. The number of ether oxygens (including phenoxy) is 2. The zero-order chi connectivity index (χ0) is 17.0. The number of carbonyl (C=O) groups is 1. The minimum Gasteiger partial charge on any atom is -0.463 e. The summed E-state index contributed by atoms with van der Waals surface area (Å²) in [6.45, 7) is 3.63. The molecule has 1 heterocycles. The van der Waals surface area contributed by atoms with Crippen LogP contribution >= 0.6 is 11.8 Å². The van der Waals surface area contributed by atoms with Crippen LogP contribution in [0.5, 0.6) is 0 Å². The molecule has 0 radical (unpaired) electrons. The number of esters is 1. The molecule has 5 nitrogen and oxygen atoms in total. The Hall–Kier alpha value is -2.39. The summed E-state index contributed by atoms with van der Waals surface area (Å²) in [5.74, 6) is -0.693. The highest BCUT2D eigenvalue weighted by Gasteiger charge is 2.36. The van der Waals surface area contributed by atoms with Crippen molar-refractivity contribution in [3.63, 3.8) is 0 Å². The highest BCUT2D eigenvalue weighted by molar-refractivity contribution is 7.98. The average molecular weight is 330 g/mol. The van der Waals surface area contributed by atoms with Crippen molar-refractivity contribution in [2.24, 2.45) is 5.73 Å². The van der Waals surface area contributed by atoms with Gasteiger partial charge in [-0.05, 0) is 37.8 Å². The van der Waals surface area contributed by atoms with Crippen molar-refractivity contribution in [1.82, 2.24) is 0 Å². The van der Waals surface area contributed by atoms with Gasteiger partial charge in [0.1, 0.15) is 17.4 Å². The summed E-state index contributed by atoms with van der Waals surface area (Å²) in [5.41, 5.74) is 7.20. The summed E-state index contributed by atoms with van der Waals surface area (Å²) in [6, 6.07) is 9.73. The van der Waals surface area contributed by atoms with Gasteiger partial charge in [-0.1, -0.05) is 12.1 Å². The SMILES string of the molecule is CCOC(=O)C1=C(C)OC(N)=C(C#N)C1c1cccc(SC)c1. The number of nitriles is 1. The first-order chi connectivity index (χ1) is 11.0. The first kappa shape index (κ1) is 17.0. The van der Waals surface area contributed by atoms with E-state index in [-0.39, 0.29) is 18.1 Å². The fourth-order valence-electron chi connectivity index (χ4n) is 2.51. The van der Waals surface area contributed by atoms with Crippen LogP contribution in [0.1, 0.15) is 25.3 Å². The largest absolute Gasteiger partial charge is 0.463 e. The summed E-state index contributed by atoms with van der Waals surface area (Å²) in [6.07, 6.45) is 1.96. The second-order valence-electron chi connectivity index (χ2n) is 4.89. The third-order valence-corrected chi connectivity index (χ3v) is 4.25. The number of nitrogens with zero attached hydrogens (tertiary/aromatic N) is 1. The molecule has 0 amide bonds. The molecule has 2 rings (SSSR count). The minimum atomic E-state index is -0.583. The number of nitrogens with two attached hydrogens (primary N) is 1. The van der Waals surface area contributed by atoms with Crippen LogP contribution in [0.15, 0.2) is 51.9 Å². The summed E-state index contributed by atoms with van der Waals surface area (Å²) < 4.78 is 10.5. The molecule has 1 aliphatic rings. The van der Waals surface area contributed by atoms with E-state index in [4.69, 9.17) is 15.2 Å². The highest BCUT2D eigenvalue weighted by Crippen LogP contribution is 2.40. The number of hydrogen-bond acceptors (Lipinski definition) is 6. The number of allylic oxidation sites excluding steroid dienone is 2. The molecule has 0 aromatic heterocycles. The van der Waals surface area contributed by atoms with Crippen LogP contribution < -0.4 is 5.73 Å². The smallest absolute Gasteiger partial charge is 0.338 e. The molecule has 0 fully saturated rings. The molecule has 1 aromatic carbocycles. The Labute approximate surface area is 139 Å². The average Bonchev–Trinajstić information content (AvgIpc) is 2.54. The van der Waals surface area contributed by atoms with Gasteiger partial charge in [-0.3, -0.25) is 0 Å². The highest BCUT2D eigenvalue weighted by atomic mass is 32.2. The van der Waals surface area contributed by atoms with Gasteiger partial charge in [0.05, 0.1) is 18.1 Å². The lowest BCUT2D eigenvalue weighted by molar-refractivity contribution is -0.139. The van der Waals surface area contributed by atoms with E-state index in [1.165, 1.54) is 0 Å². The molecule has 0 saturated carbocycles. The third kappa shape index (κ3) is 3.35. The van der Waals surface area contributed by atoms with Gasteiger partial charge in [0.25, 0.3) is 0 Å². The topological polar surface area (TPSA) is 85.3 Å². The number of benzene rings is 1. The molecular weight excluding hydrogens is 312 g/mol. The van der Waals surface area contributed by atoms with Gasteiger partial charge in [0, 0.05) is 4.90 Å². The predicted octanol–water partition coefficient (Wildman–Crippen LogP) is 3.05. The zero-order valence-electron chi connectivity index (χ0n) is 13.3. The van der Waals surface area contributed by atoms with Crippen molar-refractivity contribution in [2.45, 2.75) is 24.7 Å². The standard InChI is InChI=1S/C17H18N2O3S/c1-4-21-17(20)14-10(2)22-16(19)13(9-18)15(14)11-6-5-7-12(8-11)23-3/h5-8,15H,4,19H2,1-3H3. The van der Waals surface area contributed by atoms with Gasteiger partial charge < -0.3 is 15.2 Å². The van der Waals surface area contributed by atoms with Crippen molar-refractivity contribution >= 4 is 17.7 Å². The fraction of sp³-hybridized carbons (Fsp3) is 0.294. The van der Waals surface area contributed by atoms with E-state index in [9.17, 15) is 10.1 Å². The molecule has 0 aliphatic carbocycles. The monoisotopic (exact) mass is 330 g/mol. The number of rotatable bonds is 4. The molecule has 1 aromatic rings. The van der Waals surface area contributed by atoms with Crippen molar-refractivity contribution in [2.75, 3.05) is 12.9 Å². The maximum absolute atomic E-state index is 12.4. The van der Waals surface area contributed by atoms with Gasteiger partial charge in [-0.25, -0.2) is 4.79 Å². The summed E-state index contributed by atoms with van der Waals surface area (Å²) in [5, 5.41) is 9.49. The Morgan fingerprint density at radius 3 is 2.87 bits per heavy atom. The zero-order valence-corrected chi connectivity index (χ0v) is 14.1. The van der Waals surface area contributed by atoms with Crippen molar-refractivity contribution in [3.05, 3.63) is 52.6 Å². The first-order valence-electron chi connectivity index (χ1n) is 7.12. The molecule has 2 N–H and O–H groups in total. The van der Waals surface area contributed by atoms with Crippen molar-refractivity contribution in [1.29, 1.82) is 5.26 Å². The van der Waals surface area contributed by atoms with Gasteiger partial charge in [0.15, 0.2) is 0 Å². The van der Waals surface area contributed by atoms with Crippen LogP contribution in [0.2, 0.25) is 0 Å². The van der Waals surface area contributed by atoms with Gasteiger partial charge in [-0.2, -0.15) is 5.26 Å². The van der Waals surface area contributed by atoms with Crippen molar-refractivity contribution in [3.8, 4) is 6.07 Å². The maximum Gasteiger partial charge on any atom is 0.338 e. The van der Waals surface area contributed by atoms with E-state index < -0.39 is 11.9 Å². The molecule has 6 heteroatoms. The quantitative estimate of drug-likeness (QED) is 0.674. The molecule has 0 spiro atoms. The Morgan fingerprint density at radius 2 is 2.26 bits per heavy atom. The normalized spacial score (nSPS) is 17.6. The first-order valence-corrected chi connectivity index (χ1v) is 8.35. The number of thioether (sulfide) groups is 1. The fourth-order valence-corrected chi connectivity index (χ4v) is 2.98. The Kier molecular flexibility index (Phi) is 5.35. The predicted molar refractivity (Wildman–Crippen MR) is 88.2 cm³/mol. The second-order valence-corrected chi connectivity index (χ2v) is 5.77. The van der Waals surface area contributed by atoms with Gasteiger partial charge in [-0.15, -0.1) is 11.8 Å². The minimum absolute atomic E-state index is 0.0256. The number of carbonyl (C=O) groups excluding carboxylic acids is 1. The Balaban J connectivity index is 2.61. The van der Waals surface area contributed by atoms with Gasteiger partial charge >= 0.3 is 5.97 Å². The number of hydrogen-bond donors (Lipinski definition) is 1. The lowest BCUT2D eigenvalue weighted by atomic mass is 9.83. The van der Waals surface area contributed by atoms with Crippen LogP contribution in [0.25, 0.3) is 0 Å². The molecule has 1 unspecified atom stereocenters. The lowest BCUT2D eigenvalue weighted by Crippen LogP contribution is -2.25. The Bertz CT molecular complexity index is 732. The third-order valence-electron chi connectivity index (χ3n) is 3.53. The van der Waals surface area contributed by atoms with Crippen LogP contribution in [0.4, 0.5) is 0 Å². The van der Waals surface area contributed by atoms with Crippen molar-refractivity contribution < 1.29 is 14.3 Å². The summed E-state index contributed by atoms with van der Waals surface area (Å²) >= 11 is 1.58. The second kappa shape index (κ2) is 7.25. The lowest BCUT2D eigenvalue weighted by Gasteiger charge is -2.27. The van der Waals surface area contributed by atoms with E-state index in [2.05, 4.69) is 6.07 Å². The van der Waals surface area contributed by atoms with E-state index in [0.717, 1.165) is 10.5 Å². The van der Waals surface area contributed by atoms with Gasteiger partial charge in [0.2, 0.25) is 5.88 Å². The van der Waals surface area contributed by atoms with E-state index in [1.807, 2.05) is 30.5 Å². The maximum atomic E-state index is 12.4. The molecule has 1 aliphatic heterocycles. The van der Waals surface area contributed by atoms with E-state index >= 15 is 0 Å². The van der Waals surface area contributed by atoms with Crippen LogP contribution in [0.3, 0.4) is 0 Å². The molecule has 120 valence electrons. The van der Waals surface area contributed by atoms with Crippen LogP contribution in [-0.4, -0.2) is 18.8 Å².